The molecule has 1 fully saturated rings. The molecule has 2 bridgehead atoms. The second-order valence-corrected chi connectivity index (χ2v) is 7.78. The molecule has 0 amide bonds. The maximum Gasteiger partial charge on any atom is 0.167 e. The fourth-order valence-corrected chi connectivity index (χ4v) is 4.72. The summed E-state index contributed by atoms with van der Waals surface area (Å²) in [5.74, 6) is 1.77. The number of carbonyl (C=O) groups excluding carboxylic acids is 1. The first kappa shape index (κ1) is 13.9. The zero-order chi connectivity index (χ0) is 15.9. The normalized spacial score (nSPS) is 33.6. The predicted molar refractivity (Wildman–Crippen MR) is 81.9 cm³/mol. The minimum absolute atomic E-state index is 0.0425. The lowest BCUT2D eigenvalue weighted by Gasteiger charge is -2.55. The Morgan fingerprint density at radius 1 is 1.32 bits per heavy atom. The van der Waals surface area contributed by atoms with Crippen molar-refractivity contribution >= 4 is 5.78 Å². The van der Waals surface area contributed by atoms with Crippen LogP contribution in [0.15, 0.2) is 6.07 Å². The molecule has 2 aliphatic heterocycles. The highest BCUT2D eigenvalue weighted by atomic mass is 16.5. The number of hydrogen-bond donors (Lipinski definition) is 1. The molecule has 0 radical (unpaired) electrons. The Bertz CT molecular complexity index is 691. The predicted octanol–water partition coefficient (Wildman–Crippen LogP) is 3.80. The van der Waals surface area contributed by atoms with Crippen molar-refractivity contribution in [3.05, 3.63) is 17.2 Å². The Labute approximate surface area is 130 Å². The van der Waals surface area contributed by atoms with Crippen LogP contribution in [-0.2, 0) is 0 Å². The van der Waals surface area contributed by atoms with Crippen molar-refractivity contribution in [2.24, 2.45) is 5.92 Å². The molecular weight excluding hydrogens is 280 g/mol. The summed E-state index contributed by atoms with van der Waals surface area (Å²) in [5.41, 5.74) is 0.775. The lowest BCUT2D eigenvalue weighted by Crippen LogP contribution is -2.54. The molecule has 3 aliphatic rings. The molecule has 0 spiro atoms. The van der Waals surface area contributed by atoms with Crippen molar-refractivity contribution in [3.63, 3.8) is 0 Å². The van der Waals surface area contributed by atoms with Crippen molar-refractivity contribution in [1.29, 1.82) is 0 Å². The Kier molecular flexibility index (Phi) is 2.52. The number of carbonyl (C=O) groups is 1. The van der Waals surface area contributed by atoms with Crippen LogP contribution in [0, 0.1) is 5.92 Å². The molecule has 2 heterocycles. The van der Waals surface area contributed by atoms with E-state index in [1.807, 2.05) is 0 Å². The van der Waals surface area contributed by atoms with Gasteiger partial charge < -0.3 is 14.6 Å². The number of benzene rings is 1. The molecular formula is C18H22O4. The first-order valence-corrected chi connectivity index (χ1v) is 8.01. The van der Waals surface area contributed by atoms with Crippen LogP contribution >= 0.6 is 0 Å². The van der Waals surface area contributed by atoms with Gasteiger partial charge in [0.1, 0.15) is 34.0 Å². The first-order valence-electron chi connectivity index (χ1n) is 8.01. The highest BCUT2D eigenvalue weighted by Crippen LogP contribution is 2.61. The number of aromatic hydroxyl groups is 1. The van der Waals surface area contributed by atoms with Crippen LogP contribution in [0.5, 0.6) is 17.2 Å². The Balaban J connectivity index is 2.03. The SMILES string of the molecule is CC(=O)c1c(O)cc2c3c1OC1(C)CCC(C3C1)C(C)(C)O2. The van der Waals surface area contributed by atoms with Gasteiger partial charge in [0.2, 0.25) is 0 Å². The fraction of sp³-hybridized carbons (Fsp3) is 0.611. The number of ether oxygens (including phenoxy) is 2. The summed E-state index contributed by atoms with van der Waals surface area (Å²) in [6.07, 6.45) is 2.96. The van der Waals surface area contributed by atoms with Crippen molar-refractivity contribution in [2.75, 3.05) is 0 Å². The molecule has 4 heteroatoms. The van der Waals surface area contributed by atoms with Gasteiger partial charge in [-0.3, -0.25) is 4.79 Å². The third-order valence-electron chi connectivity index (χ3n) is 5.72. The molecule has 1 aliphatic carbocycles. The third-order valence-corrected chi connectivity index (χ3v) is 5.72. The molecule has 3 atom stereocenters. The van der Waals surface area contributed by atoms with E-state index in [-0.39, 0.29) is 22.7 Å². The van der Waals surface area contributed by atoms with Crippen LogP contribution in [0.1, 0.15) is 68.8 Å². The molecule has 1 saturated carbocycles. The van der Waals surface area contributed by atoms with E-state index in [0.29, 0.717) is 28.9 Å². The molecule has 4 rings (SSSR count). The standard InChI is InChI=1S/C18H22O4/c1-9(19)14-12(20)7-13-15-10-8-18(4,22-16(14)15)6-5-11(10)17(2,3)21-13/h7,10-11,20H,5-6,8H2,1-4H3. The number of Topliss-reactive ketones (excluding diaryl/α,β-unsaturated/α-hetero) is 1. The maximum absolute atomic E-state index is 12.0. The maximum atomic E-state index is 12.0. The molecule has 1 aromatic carbocycles. The molecule has 1 N–H and O–H groups in total. The topological polar surface area (TPSA) is 55.8 Å². The molecule has 0 aromatic heterocycles. The smallest absolute Gasteiger partial charge is 0.167 e. The van der Waals surface area contributed by atoms with Gasteiger partial charge in [-0.25, -0.2) is 0 Å². The highest BCUT2D eigenvalue weighted by molar-refractivity contribution is 6.00. The zero-order valence-corrected chi connectivity index (χ0v) is 13.5. The molecule has 22 heavy (non-hydrogen) atoms. The van der Waals surface area contributed by atoms with Crippen LogP contribution in [0.2, 0.25) is 0 Å². The first-order chi connectivity index (χ1) is 10.2. The zero-order valence-electron chi connectivity index (χ0n) is 13.5. The average Bonchev–Trinajstić information content (AvgIpc) is 2.34. The Morgan fingerprint density at radius 2 is 2.05 bits per heavy atom. The molecule has 1 aromatic rings. The molecule has 3 unspecified atom stereocenters. The second-order valence-electron chi connectivity index (χ2n) is 7.78. The van der Waals surface area contributed by atoms with Crippen molar-refractivity contribution in [1.82, 2.24) is 0 Å². The number of phenols is 1. The second kappa shape index (κ2) is 3.98. The summed E-state index contributed by atoms with van der Waals surface area (Å²) in [6, 6.07) is 1.59. The summed E-state index contributed by atoms with van der Waals surface area (Å²) in [7, 11) is 0. The van der Waals surface area contributed by atoms with E-state index in [0.717, 1.165) is 24.8 Å². The number of hydrogen-bond acceptors (Lipinski definition) is 4. The molecule has 0 saturated heterocycles. The van der Waals surface area contributed by atoms with Crippen molar-refractivity contribution < 1.29 is 19.4 Å². The molecule has 118 valence electrons. The van der Waals surface area contributed by atoms with Crippen LogP contribution in [0.3, 0.4) is 0 Å². The summed E-state index contributed by atoms with van der Waals surface area (Å²) >= 11 is 0. The highest BCUT2D eigenvalue weighted by Gasteiger charge is 2.55. The van der Waals surface area contributed by atoms with E-state index >= 15 is 0 Å². The Morgan fingerprint density at radius 3 is 2.73 bits per heavy atom. The van der Waals surface area contributed by atoms with Crippen LogP contribution < -0.4 is 9.47 Å². The van der Waals surface area contributed by atoms with E-state index < -0.39 is 0 Å². The van der Waals surface area contributed by atoms with Gasteiger partial charge in [-0.05, 0) is 47.0 Å². The van der Waals surface area contributed by atoms with Crippen LogP contribution in [0.25, 0.3) is 0 Å². The lowest BCUT2D eigenvalue weighted by molar-refractivity contribution is -0.0731. The third kappa shape index (κ3) is 1.67. The van der Waals surface area contributed by atoms with E-state index in [2.05, 4.69) is 20.8 Å². The Hall–Kier alpha value is -1.71. The minimum Gasteiger partial charge on any atom is -0.507 e. The number of phenolic OH excluding ortho intramolecular Hbond substituents is 1. The monoisotopic (exact) mass is 302 g/mol. The molecule has 4 nitrogen and oxygen atoms in total. The number of ketones is 1. The summed E-state index contributed by atoms with van der Waals surface area (Å²) in [5, 5.41) is 10.3. The summed E-state index contributed by atoms with van der Waals surface area (Å²) < 4.78 is 12.4. The van der Waals surface area contributed by atoms with E-state index in [4.69, 9.17) is 9.47 Å². The van der Waals surface area contributed by atoms with Gasteiger partial charge >= 0.3 is 0 Å². The van der Waals surface area contributed by atoms with Crippen LogP contribution in [0.4, 0.5) is 0 Å². The van der Waals surface area contributed by atoms with E-state index in [9.17, 15) is 9.90 Å². The van der Waals surface area contributed by atoms with Gasteiger partial charge in [0.05, 0.1) is 0 Å². The average molecular weight is 302 g/mol. The summed E-state index contributed by atoms with van der Waals surface area (Å²) in [4.78, 5) is 12.0. The van der Waals surface area contributed by atoms with Crippen LogP contribution in [-0.4, -0.2) is 22.1 Å². The fourth-order valence-electron chi connectivity index (χ4n) is 4.72. The quantitative estimate of drug-likeness (QED) is 0.802. The van der Waals surface area contributed by atoms with E-state index in [1.54, 1.807) is 6.07 Å². The van der Waals surface area contributed by atoms with Gasteiger partial charge in [0, 0.05) is 23.5 Å². The largest absolute Gasteiger partial charge is 0.507 e. The number of fused-ring (bicyclic) bond motifs is 1. The minimum atomic E-state index is -0.266. The van der Waals surface area contributed by atoms with E-state index in [1.165, 1.54) is 6.92 Å². The van der Waals surface area contributed by atoms with Gasteiger partial charge in [-0.15, -0.1) is 0 Å². The van der Waals surface area contributed by atoms with Gasteiger partial charge in [-0.1, -0.05) is 0 Å². The van der Waals surface area contributed by atoms with Gasteiger partial charge in [-0.2, -0.15) is 0 Å². The van der Waals surface area contributed by atoms with Crippen molar-refractivity contribution in [2.45, 2.75) is 64.1 Å². The summed E-state index contributed by atoms with van der Waals surface area (Å²) in [6.45, 7) is 7.82. The number of rotatable bonds is 1. The van der Waals surface area contributed by atoms with Gasteiger partial charge in [0.25, 0.3) is 0 Å². The van der Waals surface area contributed by atoms with Gasteiger partial charge in [0.15, 0.2) is 5.78 Å². The lowest BCUT2D eigenvalue weighted by atomic mass is 9.61. The van der Waals surface area contributed by atoms with Crippen molar-refractivity contribution in [3.8, 4) is 17.2 Å².